The molecule has 1 fully saturated rings. The number of urea groups is 1. The van der Waals surface area contributed by atoms with Crippen molar-refractivity contribution in [3.63, 3.8) is 0 Å². The Labute approximate surface area is 128 Å². The summed E-state index contributed by atoms with van der Waals surface area (Å²) in [7, 11) is 0. The number of carbonyl (C=O) groups excluding carboxylic acids is 2. The Morgan fingerprint density at radius 1 is 1.27 bits per heavy atom. The molecule has 3 amide bonds. The highest BCUT2D eigenvalue weighted by molar-refractivity contribution is 6.04. The molecule has 22 heavy (non-hydrogen) atoms. The number of oxazole rings is 1. The van der Waals surface area contributed by atoms with E-state index in [1.54, 1.807) is 0 Å². The summed E-state index contributed by atoms with van der Waals surface area (Å²) in [5, 5.41) is 2.69. The van der Waals surface area contributed by atoms with E-state index in [1.165, 1.54) is 11.2 Å². The Hall–Kier alpha value is -2.63. The number of rotatable bonds is 5. The molecule has 1 aliphatic heterocycles. The molecule has 114 valence electrons. The largest absolute Gasteiger partial charge is 0.444 e. The van der Waals surface area contributed by atoms with Gasteiger partial charge in [0.1, 0.15) is 12.3 Å². The SMILES string of the molecule is CCC[C@H]1NC(=O)N(Cc2coc(-c3ccccc3)n2)C1=O. The number of amides is 3. The van der Waals surface area contributed by atoms with E-state index < -0.39 is 6.04 Å². The molecule has 1 aromatic heterocycles. The summed E-state index contributed by atoms with van der Waals surface area (Å²) in [6, 6.07) is 8.69. The summed E-state index contributed by atoms with van der Waals surface area (Å²) in [5.74, 6) is 0.281. The van der Waals surface area contributed by atoms with Crippen LogP contribution in [-0.2, 0) is 11.3 Å². The Morgan fingerprint density at radius 2 is 2.05 bits per heavy atom. The second-order valence-corrected chi connectivity index (χ2v) is 5.23. The third-order valence-electron chi connectivity index (χ3n) is 3.58. The van der Waals surface area contributed by atoms with Gasteiger partial charge in [0.15, 0.2) is 0 Å². The van der Waals surface area contributed by atoms with Gasteiger partial charge in [-0.1, -0.05) is 31.5 Å². The van der Waals surface area contributed by atoms with E-state index in [1.807, 2.05) is 37.3 Å². The molecular weight excluding hydrogens is 282 g/mol. The summed E-state index contributed by atoms with van der Waals surface area (Å²) in [4.78, 5) is 29.6. The summed E-state index contributed by atoms with van der Waals surface area (Å²) in [6.07, 6.45) is 2.97. The molecule has 0 aliphatic carbocycles. The summed E-state index contributed by atoms with van der Waals surface area (Å²) in [6.45, 7) is 2.10. The smallest absolute Gasteiger partial charge is 0.325 e. The molecule has 2 heterocycles. The molecule has 0 unspecified atom stereocenters. The van der Waals surface area contributed by atoms with Crippen LogP contribution in [0.25, 0.3) is 11.5 Å². The average molecular weight is 299 g/mol. The number of benzene rings is 1. The predicted molar refractivity (Wildman–Crippen MR) is 79.7 cm³/mol. The number of aromatic nitrogens is 1. The zero-order valence-electron chi connectivity index (χ0n) is 12.3. The third kappa shape index (κ3) is 2.72. The lowest BCUT2D eigenvalue weighted by atomic mass is 10.2. The maximum atomic E-state index is 12.2. The van der Waals surface area contributed by atoms with Gasteiger partial charge in [-0.15, -0.1) is 0 Å². The Balaban J connectivity index is 1.73. The maximum absolute atomic E-state index is 12.2. The maximum Gasteiger partial charge on any atom is 0.325 e. The number of nitrogens with zero attached hydrogens (tertiary/aromatic N) is 2. The topological polar surface area (TPSA) is 75.4 Å². The lowest BCUT2D eigenvalue weighted by molar-refractivity contribution is -0.128. The molecule has 6 heteroatoms. The van der Waals surface area contributed by atoms with E-state index >= 15 is 0 Å². The van der Waals surface area contributed by atoms with E-state index in [0.717, 1.165) is 12.0 Å². The zero-order valence-corrected chi connectivity index (χ0v) is 12.3. The average Bonchev–Trinajstić information content (AvgIpc) is 3.10. The number of hydrogen-bond acceptors (Lipinski definition) is 4. The monoisotopic (exact) mass is 299 g/mol. The minimum Gasteiger partial charge on any atom is -0.444 e. The van der Waals surface area contributed by atoms with Crippen LogP contribution in [-0.4, -0.2) is 27.9 Å². The number of imide groups is 1. The van der Waals surface area contributed by atoms with Gasteiger partial charge < -0.3 is 9.73 Å². The van der Waals surface area contributed by atoms with Crippen LogP contribution in [0.5, 0.6) is 0 Å². The highest BCUT2D eigenvalue weighted by atomic mass is 16.3. The van der Waals surface area contributed by atoms with E-state index in [2.05, 4.69) is 10.3 Å². The van der Waals surface area contributed by atoms with Gasteiger partial charge in [0.25, 0.3) is 5.91 Å². The van der Waals surface area contributed by atoms with E-state index in [4.69, 9.17) is 4.42 Å². The van der Waals surface area contributed by atoms with Gasteiger partial charge in [0, 0.05) is 5.56 Å². The highest BCUT2D eigenvalue weighted by Gasteiger charge is 2.37. The van der Waals surface area contributed by atoms with Crippen LogP contribution in [0.3, 0.4) is 0 Å². The van der Waals surface area contributed by atoms with Crippen LogP contribution in [0.4, 0.5) is 4.79 Å². The van der Waals surface area contributed by atoms with Gasteiger partial charge in [-0.2, -0.15) is 0 Å². The minimum absolute atomic E-state index is 0.126. The molecule has 1 atom stereocenters. The quantitative estimate of drug-likeness (QED) is 0.861. The standard InChI is InChI=1S/C16H17N3O3/c1-2-6-13-15(20)19(16(21)18-13)9-12-10-22-14(17-12)11-7-4-3-5-8-11/h3-5,7-8,10,13H,2,6,9H2,1H3,(H,18,21)/t13-/m1/s1. The fourth-order valence-electron chi connectivity index (χ4n) is 2.47. The number of hydrogen-bond donors (Lipinski definition) is 1. The molecule has 1 saturated heterocycles. The second kappa shape index (κ2) is 6.01. The van der Waals surface area contributed by atoms with Gasteiger partial charge in [-0.25, -0.2) is 9.78 Å². The summed E-state index contributed by atoms with van der Waals surface area (Å²) in [5.41, 5.74) is 1.41. The zero-order chi connectivity index (χ0) is 15.5. The first-order valence-electron chi connectivity index (χ1n) is 7.30. The summed E-state index contributed by atoms with van der Waals surface area (Å²) < 4.78 is 5.43. The molecule has 0 bridgehead atoms. The minimum atomic E-state index is -0.419. The van der Waals surface area contributed by atoms with Crippen molar-refractivity contribution in [3.8, 4) is 11.5 Å². The van der Waals surface area contributed by atoms with Crippen LogP contribution in [0, 0.1) is 0 Å². The lowest BCUT2D eigenvalue weighted by Crippen LogP contribution is -2.31. The lowest BCUT2D eigenvalue weighted by Gasteiger charge is -2.10. The molecule has 1 aliphatic rings. The fourth-order valence-corrected chi connectivity index (χ4v) is 2.47. The van der Waals surface area contributed by atoms with Crippen molar-refractivity contribution in [3.05, 3.63) is 42.3 Å². The molecule has 0 saturated carbocycles. The van der Waals surface area contributed by atoms with E-state index in [-0.39, 0.29) is 18.5 Å². The van der Waals surface area contributed by atoms with Gasteiger partial charge in [0.2, 0.25) is 5.89 Å². The molecular formula is C16H17N3O3. The van der Waals surface area contributed by atoms with Crippen molar-refractivity contribution in [2.45, 2.75) is 32.4 Å². The number of carbonyl (C=O) groups is 2. The molecule has 0 spiro atoms. The molecule has 0 radical (unpaired) electrons. The normalized spacial score (nSPS) is 17.9. The molecule has 6 nitrogen and oxygen atoms in total. The Bertz CT molecular complexity index is 681. The van der Waals surface area contributed by atoms with Gasteiger partial charge in [0.05, 0.1) is 12.2 Å². The first kappa shape index (κ1) is 14.3. The van der Waals surface area contributed by atoms with Crippen LogP contribution < -0.4 is 5.32 Å². The van der Waals surface area contributed by atoms with Crippen molar-refractivity contribution in [1.82, 2.24) is 15.2 Å². The highest BCUT2D eigenvalue weighted by Crippen LogP contribution is 2.20. The Kier molecular flexibility index (Phi) is 3.91. The van der Waals surface area contributed by atoms with Crippen LogP contribution in [0.2, 0.25) is 0 Å². The third-order valence-corrected chi connectivity index (χ3v) is 3.58. The van der Waals surface area contributed by atoms with E-state index in [0.29, 0.717) is 18.0 Å². The summed E-state index contributed by atoms with van der Waals surface area (Å²) >= 11 is 0. The van der Waals surface area contributed by atoms with Crippen molar-refractivity contribution in [2.24, 2.45) is 0 Å². The molecule has 3 rings (SSSR count). The van der Waals surface area contributed by atoms with Gasteiger partial charge in [-0.05, 0) is 18.6 Å². The Morgan fingerprint density at radius 3 is 2.77 bits per heavy atom. The van der Waals surface area contributed by atoms with Crippen molar-refractivity contribution >= 4 is 11.9 Å². The fraction of sp³-hybridized carbons (Fsp3) is 0.312. The molecule has 1 aromatic carbocycles. The van der Waals surface area contributed by atoms with Gasteiger partial charge in [-0.3, -0.25) is 9.69 Å². The van der Waals surface area contributed by atoms with Gasteiger partial charge >= 0.3 is 6.03 Å². The van der Waals surface area contributed by atoms with Crippen molar-refractivity contribution in [1.29, 1.82) is 0 Å². The van der Waals surface area contributed by atoms with E-state index in [9.17, 15) is 9.59 Å². The van der Waals surface area contributed by atoms with Crippen molar-refractivity contribution in [2.75, 3.05) is 0 Å². The molecule has 1 N–H and O–H groups in total. The van der Waals surface area contributed by atoms with Crippen LogP contribution in [0.15, 0.2) is 41.0 Å². The van der Waals surface area contributed by atoms with Crippen molar-refractivity contribution < 1.29 is 14.0 Å². The first-order chi connectivity index (χ1) is 10.7. The predicted octanol–water partition coefficient (Wildman–Crippen LogP) is 2.56. The number of nitrogens with one attached hydrogen (secondary N) is 1. The molecule has 2 aromatic rings. The first-order valence-corrected chi connectivity index (χ1v) is 7.30. The van der Waals surface area contributed by atoms with Crippen LogP contribution >= 0.6 is 0 Å². The van der Waals surface area contributed by atoms with Crippen LogP contribution in [0.1, 0.15) is 25.5 Å². The second-order valence-electron chi connectivity index (χ2n) is 5.23.